The molecule has 0 amide bonds. The number of ether oxygens (including phenoxy) is 1. The number of nitrogens with zero attached hydrogens (tertiary/aromatic N) is 3. The minimum atomic E-state index is -0.745. The van der Waals surface area contributed by atoms with E-state index in [1.54, 1.807) is 48.5 Å². The molecule has 0 radical (unpaired) electrons. The lowest BCUT2D eigenvalue weighted by Crippen LogP contribution is -2.17. The Morgan fingerprint density at radius 3 is 2.31 bits per heavy atom. The number of non-ortho nitro benzene ring substituents is 1. The number of benzene rings is 3. The quantitative estimate of drug-likeness (QED) is 0.239. The van der Waals surface area contributed by atoms with Crippen LogP contribution in [-0.4, -0.2) is 28.1 Å². The molecule has 10 heteroatoms. The molecule has 0 aromatic heterocycles. The highest BCUT2D eigenvalue weighted by Crippen LogP contribution is 2.29. The van der Waals surface area contributed by atoms with Gasteiger partial charge in [-0.25, -0.2) is 4.79 Å². The van der Waals surface area contributed by atoms with Crippen LogP contribution in [0.2, 0.25) is 0 Å². The molecule has 3 aromatic rings. The van der Waals surface area contributed by atoms with Gasteiger partial charge in [0.25, 0.3) is 5.69 Å². The van der Waals surface area contributed by atoms with Crippen LogP contribution in [0.5, 0.6) is 0 Å². The highest BCUT2D eigenvalue weighted by molar-refractivity contribution is 6.03. The second-order valence-electron chi connectivity index (χ2n) is 6.70. The number of rotatable bonds is 8. The molecule has 0 fully saturated rings. The summed E-state index contributed by atoms with van der Waals surface area (Å²) in [5.74, 6) is -0.543. The summed E-state index contributed by atoms with van der Waals surface area (Å²) >= 11 is 0. The van der Waals surface area contributed by atoms with Gasteiger partial charge in [-0.1, -0.05) is 48.0 Å². The Hall–Kier alpha value is -4.60. The first-order valence-electron chi connectivity index (χ1n) is 9.40. The van der Waals surface area contributed by atoms with Gasteiger partial charge in [0, 0.05) is 11.6 Å². The lowest BCUT2D eigenvalue weighted by atomic mass is 10.1. The molecule has 0 heterocycles. The van der Waals surface area contributed by atoms with Crippen molar-refractivity contribution in [2.75, 3.05) is 12.0 Å². The normalized spacial score (nSPS) is 11.0. The molecule has 0 unspecified atom stereocenters. The molecule has 0 saturated heterocycles. The Kier molecular flexibility index (Phi) is 6.86. The van der Waals surface area contributed by atoms with Gasteiger partial charge in [0.2, 0.25) is 0 Å². The molecule has 10 nitrogen and oxygen atoms in total. The lowest BCUT2D eigenvalue weighted by molar-refractivity contribution is -0.393. The van der Waals surface area contributed by atoms with Crippen LogP contribution >= 0.6 is 0 Å². The van der Waals surface area contributed by atoms with Gasteiger partial charge >= 0.3 is 11.7 Å². The highest BCUT2D eigenvalue weighted by atomic mass is 16.6. The third-order valence-corrected chi connectivity index (χ3v) is 4.40. The van der Waals surface area contributed by atoms with E-state index >= 15 is 0 Å². The molecule has 32 heavy (non-hydrogen) atoms. The van der Waals surface area contributed by atoms with Gasteiger partial charge in [-0.05, 0) is 25.1 Å². The molecule has 3 rings (SSSR count). The van der Waals surface area contributed by atoms with Gasteiger partial charge in [-0.3, -0.25) is 25.7 Å². The summed E-state index contributed by atoms with van der Waals surface area (Å²) in [6, 6.07) is 18.9. The second kappa shape index (κ2) is 9.94. The molecule has 0 spiro atoms. The summed E-state index contributed by atoms with van der Waals surface area (Å²) in [4.78, 5) is 33.2. The maximum Gasteiger partial charge on any atom is 0.338 e. The van der Waals surface area contributed by atoms with Gasteiger partial charge in [0.15, 0.2) is 0 Å². The fourth-order valence-corrected chi connectivity index (χ4v) is 2.81. The van der Waals surface area contributed by atoms with Crippen molar-refractivity contribution in [2.24, 2.45) is 5.10 Å². The van der Waals surface area contributed by atoms with Gasteiger partial charge in [-0.2, -0.15) is 5.10 Å². The molecule has 0 aliphatic carbocycles. The molecule has 3 aromatic carbocycles. The summed E-state index contributed by atoms with van der Waals surface area (Å²) in [5.41, 5.74) is 3.82. The number of aryl methyl sites for hydroxylation is 1. The van der Waals surface area contributed by atoms with Gasteiger partial charge < -0.3 is 4.74 Å². The number of nitrogens with one attached hydrogen (secondary N) is 1. The van der Waals surface area contributed by atoms with Gasteiger partial charge in [0.05, 0.1) is 21.5 Å². The number of hydrogen-bond acceptors (Lipinski definition) is 8. The van der Waals surface area contributed by atoms with E-state index < -0.39 is 27.2 Å². The summed E-state index contributed by atoms with van der Waals surface area (Å²) in [5, 5.41) is 26.4. The Morgan fingerprint density at radius 1 is 0.938 bits per heavy atom. The fraction of sp³-hybridized carbons (Fsp3) is 0.0909. The van der Waals surface area contributed by atoms with Crippen molar-refractivity contribution in [3.8, 4) is 0 Å². The Balaban J connectivity index is 1.86. The molecule has 0 atom stereocenters. The number of carbonyl (C=O) groups is 1. The van der Waals surface area contributed by atoms with E-state index in [1.807, 2.05) is 13.0 Å². The molecular formula is C22H18N4O6. The number of anilines is 1. The van der Waals surface area contributed by atoms with Crippen LogP contribution in [-0.2, 0) is 4.74 Å². The number of hydrazone groups is 1. The van der Waals surface area contributed by atoms with E-state index in [9.17, 15) is 25.0 Å². The van der Waals surface area contributed by atoms with E-state index in [2.05, 4.69) is 10.5 Å². The predicted molar refractivity (Wildman–Crippen MR) is 118 cm³/mol. The van der Waals surface area contributed by atoms with Crippen molar-refractivity contribution in [3.63, 3.8) is 0 Å². The number of nitro groups is 2. The number of nitro benzene ring substituents is 2. The van der Waals surface area contributed by atoms with Crippen molar-refractivity contribution >= 4 is 28.7 Å². The Morgan fingerprint density at radius 2 is 1.66 bits per heavy atom. The van der Waals surface area contributed by atoms with E-state index in [4.69, 9.17) is 4.74 Å². The summed E-state index contributed by atoms with van der Waals surface area (Å²) in [6.45, 7) is 1.65. The van der Waals surface area contributed by atoms with Crippen LogP contribution in [0.4, 0.5) is 17.1 Å². The first-order chi connectivity index (χ1) is 15.3. The number of hydrogen-bond donors (Lipinski definition) is 1. The van der Waals surface area contributed by atoms with E-state index in [1.165, 1.54) is 6.07 Å². The molecule has 0 bridgehead atoms. The third kappa shape index (κ3) is 5.51. The molecule has 162 valence electrons. The van der Waals surface area contributed by atoms with Crippen molar-refractivity contribution in [1.29, 1.82) is 0 Å². The maximum atomic E-state index is 12.4. The van der Waals surface area contributed by atoms with Crippen LogP contribution < -0.4 is 5.43 Å². The average Bonchev–Trinajstić information content (AvgIpc) is 2.79. The average molecular weight is 434 g/mol. The van der Waals surface area contributed by atoms with E-state index in [-0.39, 0.29) is 12.3 Å². The first-order valence-corrected chi connectivity index (χ1v) is 9.40. The number of esters is 1. The van der Waals surface area contributed by atoms with Crippen LogP contribution in [0.3, 0.4) is 0 Å². The van der Waals surface area contributed by atoms with Gasteiger partial charge in [0.1, 0.15) is 18.0 Å². The van der Waals surface area contributed by atoms with Crippen LogP contribution in [0.15, 0.2) is 77.9 Å². The Bertz CT molecular complexity index is 1190. The minimum Gasteiger partial charge on any atom is -0.455 e. The molecule has 0 aliphatic heterocycles. The Labute approximate surface area is 182 Å². The van der Waals surface area contributed by atoms with Crippen LogP contribution in [0.25, 0.3) is 0 Å². The second-order valence-corrected chi connectivity index (χ2v) is 6.70. The zero-order chi connectivity index (χ0) is 23.1. The fourth-order valence-electron chi connectivity index (χ4n) is 2.81. The zero-order valence-corrected chi connectivity index (χ0v) is 16.9. The van der Waals surface area contributed by atoms with Crippen molar-refractivity contribution in [1.82, 2.24) is 0 Å². The molecule has 0 aliphatic rings. The summed E-state index contributed by atoms with van der Waals surface area (Å²) in [6.07, 6.45) is 0. The lowest BCUT2D eigenvalue weighted by Gasteiger charge is -2.10. The molecule has 0 saturated carbocycles. The highest BCUT2D eigenvalue weighted by Gasteiger charge is 2.20. The molecular weight excluding hydrogens is 416 g/mol. The van der Waals surface area contributed by atoms with E-state index in [0.29, 0.717) is 16.8 Å². The molecule has 1 N–H and O–H groups in total. The zero-order valence-electron chi connectivity index (χ0n) is 16.9. The number of carbonyl (C=O) groups excluding carboxylic acids is 1. The largest absolute Gasteiger partial charge is 0.455 e. The van der Waals surface area contributed by atoms with E-state index in [0.717, 1.165) is 17.7 Å². The maximum absolute atomic E-state index is 12.4. The SMILES string of the molecule is Cc1cccc(C(=O)OC/C(=N\Nc2ccc([N+](=O)[O-])cc2[N+](=O)[O-])c2ccccc2)c1. The topological polar surface area (TPSA) is 137 Å². The summed E-state index contributed by atoms with van der Waals surface area (Å²) < 4.78 is 5.38. The summed E-state index contributed by atoms with van der Waals surface area (Å²) in [7, 11) is 0. The van der Waals surface area contributed by atoms with Crippen molar-refractivity contribution in [3.05, 3.63) is 110 Å². The first kappa shape index (κ1) is 22.1. The smallest absolute Gasteiger partial charge is 0.338 e. The standard InChI is InChI=1S/C22H18N4O6/c1-15-6-5-9-17(12-15)22(27)32-14-20(16-7-3-2-4-8-16)24-23-19-11-10-18(25(28)29)13-21(19)26(30)31/h2-13,23H,14H2,1H3/b24-20+. The predicted octanol–water partition coefficient (Wildman–Crippen LogP) is 4.48. The van der Waals surface area contributed by atoms with Crippen molar-refractivity contribution in [2.45, 2.75) is 6.92 Å². The van der Waals surface area contributed by atoms with Crippen molar-refractivity contribution < 1.29 is 19.4 Å². The minimum absolute atomic E-state index is 0.0426. The van der Waals surface area contributed by atoms with Crippen LogP contribution in [0, 0.1) is 27.2 Å². The van der Waals surface area contributed by atoms with Gasteiger partial charge in [-0.15, -0.1) is 0 Å². The monoisotopic (exact) mass is 434 g/mol. The van der Waals surface area contributed by atoms with Crippen LogP contribution in [0.1, 0.15) is 21.5 Å². The third-order valence-electron chi connectivity index (χ3n) is 4.40.